The van der Waals surface area contributed by atoms with Crippen LogP contribution in [-0.4, -0.2) is 55.2 Å². The lowest BCUT2D eigenvalue weighted by molar-refractivity contribution is 0.170. The SMILES string of the molecule is Cn1cnc(S(=O)(=O)NCCOc2cc3c(cc2C#N)CCC(N2CC4CC4C2)C3Cc2ccccc2)c1. The highest BCUT2D eigenvalue weighted by Crippen LogP contribution is 2.49. The Kier molecular flexibility index (Phi) is 6.72. The van der Waals surface area contributed by atoms with Crippen molar-refractivity contribution in [1.82, 2.24) is 19.2 Å². The number of fused-ring (bicyclic) bond motifs is 2. The minimum absolute atomic E-state index is 0.0270. The molecule has 0 amide bonds. The number of aryl methyl sites for hydroxylation is 2. The summed E-state index contributed by atoms with van der Waals surface area (Å²) in [6, 6.07) is 17.4. The molecule has 4 unspecified atom stereocenters. The van der Waals surface area contributed by atoms with Gasteiger partial charge in [-0.2, -0.15) is 5.26 Å². The Morgan fingerprint density at radius 2 is 1.97 bits per heavy atom. The lowest BCUT2D eigenvalue weighted by Gasteiger charge is -2.40. The summed E-state index contributed by atoms with van der Waals surface area (Å²) >= 11 is 0. The third-order valence-corrected chi connectivity index (χ3v) is 9.66. The van der Waals surface area contributed by atoms with Crippen molar-refractivity contribution in [2.45, 2.75) is 42.7 Å². The fraction of sp³-hybridized carbons (Fsp3) is 0.448. The van der Waals surface area contributed by atoms with Gasteiger partial charge in [0.1, 0.15) is 18.4 Å². The molecular weight excluding hydrogens is 498 g/mol. The predicted octanol–water partition coefficient (Wildman–Crippen LogP) is 3.24. The number of imidazole rings is 1. The van der Waals surface area contributed by atoms with E-state index in [9.17, 15) is 13.7 Å². The number of nitriles is 1. The van der Waals surface area contributed by atoms with Gasteiger partial charge in [0, 0.05) is 44.8 Å². The van der Waals surface area contributed by atoms with Gasteiger partial charge in [-0.3, -0.25) is 4.90 Å². The third kappa shape index (κ3) is 5.08. The number of hydrogen-bond donors (Lipinski definition) is 1. The Morgan fingerprint density at radius 3 is 2.68 bits per heavy atom. The first-order chi connectivity index (χ1) is 18.4. The summed E-state index contributed by atoms with van der Waals surface area (Å²) in [6.45, 7) is 2.59. The molecule has 3 aromatic rings. The summed E-state index contributed by atoms with van der Waals surface area (Å²) in [7, 11) is -2.00. The summed E-state index contributed by atoms with van der Waals surface area (Å²) in [5.41, 5.74) is 4.30. The van der Waals surface area contributed by atoms with Crippen LogP contribution in [0.25, 0.3) is 0 Å². The number of aromatic nitrogens is 2. The molecule has 0 bridgehead atoms. The lowest BCUT2D eigenvalue weighted by atomic mass is 9.75. The number of piperidine rings is 1. The molecule has 6 rings (SSSR count). The van der Waals surface area contributed by atoms with Crippen molar-refractivity contribution in [1.29, 1.82) is 5.26 Å². The molecule has 3 aliphatic rings. The van der Waals surface area contributed by atoms with E-state index in [0.717, 1.165) is 31.1 Å². The van der Waals surface area contributed by atoms with E-state index in [1.54, 1.807) is 11.6 Å². The van der Waals surface area contributed by atoms with Gasteiger partial charge in [0.05, 0.1) is 11.9 Å². The number of rotatable bonds is 9. The number of sulfonamides is 1. The van der Waals surface area contributed by atoms with Crippen LogP contribution < -0.4 is 9.46 Å². The second-order valence-corrected chi connectivity index (χ2v) is 12.6. The van der Waals surface area contributed by atoms with Crippen molar-refractivity contribution in [3.8, 4) is 11.8 Å². The molecule has 1 aliphatic heterocycles. The van der Waals surface area contributed by atoms with E-state index < -0.39 is 10.0 Å². The van der Waals surface area contributed by atoms with Crippen molar-refractivity contribution >= 4 is 10.0 Å². The van der Waals surface area contributed by atoms with Gasteiger partial charge >= 0.3 is 0 Å². The van der Waals surface area contributed by atoms with Crippen molar-refractivity contribution < 1.29 is 13.2 Å². The molecule has 0 radical (unpaired) electrons. The van der Waals surface area contributed by atoms with Gasteiger partial charge in [0.2, 0.25) is 0 Å². The van der Waals surface area contributed by atoms with Crippen LogP contribution in [0.2, 0.25) is 0 Å². The lowest BCUT2D eigenvalue weighted by Crippen LogP contribution is -2.42. The average Bonchev–Trinajstić information content (AvgIpc) is 3.28. The first-order valence-corrected chi connectivity index (χ1v) is 14.8. The molecule has 38 heavy (non-hydrogen) atoms. The first-order valence-electron chi connectivity index (χ1n) is 13.4. The normalized spacial score (nSPS) is 24.4. The van der Waals surface area contributed by atoms with Crippen LogP contribution >= 0.6 is 0 Å². The van der Waals surface area contributed by atoms with E-state index in [2.05, 4.69) is 57.1 Å². The summed E-state index contributed by atoms with van der Waals surface area (Å²) in [5, 5.41) is 9.83. The molecule has 4 atom stereocenters. The minimum atomic E-state index is -3.72. The number of benzene rings is 2. The molecule has 1 saturated heterocycles. The van der Waals surface area contributed by atoms with Gasteiger partial charge in [-0.1, -0.05) is 30.3 Å². The third-order valence-electron chi connectivity index (χ3n) is 8.32. The zero-order valence-corrected chi connectivity index (χ0v) is 22.4. The number of hydrogen-bond acceptors (Lipinski definition) is 6. The Labute approximate surface area is 224 Å². The molecule has 1 saturated carbocycles. The Morgan fingerprint density at radius 1 is 1.18 bits per heavy atom. The van der Waals surface area contributed by atoms with Crippen LogP contribution in [0.3, 0.4) is 0 Å². The van der Waals surface area contributed by atoms with Crippen LogP contribution in [0.15, 0.2) is 60.0 Å². The maximum absolute atomic E-state index is 12.5. The number of ether oxygens (including phenoxy) is 1. The zero-order chi connectivity index (χ0) is 26.3. The van der Waals surface area contributed by atoms with Crippen molar-refractivity contribution in [3.05, 3.63) is 77.2 Å². The Balaban J connectivity index is 1.22. The quantitative estimate of drug-likeness (QED) is 0.426. The molecule has 2 heterocycles. The highest BCUT2D eigenvalue weighted by Gasteiger charge is 2.48. The molecule has 198 valence electrons. The summed E-state index contributed by atoms with van der Waals surface area (Å²) < 4.78 is 35.1. The second kappa shape index (κ2) is 10.2. The van der Waals surface area contributed by atoms with Crippen molar-refractivity contribution in [3.63, 3.8) is 0 Å². The standard InChI is InChI=1S/C29H33N5O3S/c1-33-18-29(31-19-33)38(35,36)32-9-10-37-28-14-25-21(12-22(28)15-30)7-8-27(34-16-23-13-24(23)17-34)26(25)11-20-5-3-2-4-6-20/h2-6,12,14,18-19,23-24,26-27,32H,7-11,13,16-17H2,1H3. The van der Waals surface area contributed by atoms with E-state index >= 15 is 0 Å². The maximum atomic E-state index is 12.5. The van der Waals surface area contributed by atoms with Gasteiger partial charge in [0.15, 0.2) is 5.03 Å². The highest BCUT2D eigenvalue weighted by molar-refractivity contribution is 7.89. The molecule has 1 aromatic heterocycles. The van der Waals surface area contributed by atoms with Crippen LogP contribution in [0.1, 0.15) is 41.0 Å². The van der Waals surface area contributed by atoms with Crippen LogP contribution in [0, 0.1) is 23.2 Å². The molecule has 2 aromatic carbocycles. The molecule has 2 aliphatic carbocycles. The predicted molar refractivity (Wildman–Crippen MR) is 143 cm³/mol. The summed E-state index contributed by atoms with van der Waals surface area (Å²) in [5.74, 6) is 2.59. The van der Waals surface area contributed by atoms with Gasteiger partial charge in [-0.05, 0) is 66.3 Å². The summed E-state index contributed by atoms with van der Waals surface area (Å²) in [4.78, 5) is 6.62. The van der Waals surface area contributed by atoms with Gasteiger partial charge < -0.3 is 9.30 Å². The zero-order valence-electron chi connectivity index (χ0n) is 21.6. The monoisotopic (exact) mass is 531 g/mol. The average molecular weight is 532 g/mol. The largest absolute Gasteiger partial charge is 0.491 e. The molecule has 8 nitrogen and oxygen atoms in total. The molecule has 2 fully saturated rings. The van der Waals surface area contributed by atoms with Crippen LogP contribution in [0.4, 0.5) is 0 Å². The van der Waals surface area contributed by atoms with Gasteiger partial charge in [-0.15, -0.1) is 0 Å². The number of likely N-dealkylation sites (tertiary alicyclic amines) is 1. The van der Waals surface area contributed by atoms with Crippen molar-refractivity contribution in [2.75, 3.05) is 26.2 Å². The van der Waals surface area contributed by atoms with E-state index in [1.807, 2.05) is 6.07 Å². The van der Waals surface area contributed by atoms with E-state index in [-0.39, 0.29) is 18.2 Å². The fourth-order valence-electron chi connectivity index (χ4n) is 6.32. The number of nitrogens with zero attached hydrogens (tertiary/aromatic N) is 4. The highest BCUT2D eigenvalue weighted by atomic mass is 32.2. The smallest absolute Gasteiger partial charge is 0.259 e. The fourth-order valence-corrected chi connectivity index (χ4v) is 7.31. The topological polar surface area (TPSA) is 100 Å². The molecule has 9 heteroatoms. The minimum Gasteiger partial charge on any atom is -0.491 e. The Bertz CT molecular complexity index is 1450. The molecule has 1 N–H and O–H groups in total. The van der Waals surface area contributed by atoms with Crippen LogP contribution in [-0.2, 0) is 29.9 Å². The molecule has 0 spiro atoms. The van der Waals surface area contributed by atoms with Crippen molar-refractivity contribution in [2.24, 2.45) is 18.9 Å². The second-order valence-electron chi connectivity index (χ2n) is 10.9. The first kappa shape index (κ1) is 25.1. The van der Waals surface area contributed by atoms with E-state index in [1.165, 1.54) is 48.7 Å². The van der Waals surface area contributed by atoms with E-state index in [4.69, 9.17) is 4.74 Å². The van der Waals surface area contributed by atoms with Gasteiger partial charge in [-0.25, -0.2) is 18.1 Å². The summed E-state index contributed by atoms with van der Waals surface area (Å²) in [6.07, 6.45) is 7.28. The van der Waals surface area contributed by atoms with Gasteiger partial charge in [0.25, 0.3) is 10.0 Å². The van der Waals surface area contributed by atoms with E-state index in [0.29, 0.717) is 23.3 Å². The van der Waals surface area contributed by atoms with Crippen LogP contribution in [0.5, 0.6) is 5.75 Å². The molecular formula is C29H33N5O3S. The maximum Gasteiger partial charge on any atom is 0.259 e. The Hall–Kier alpha value is -3.19. The number of nitrogens with one attached hydrogen (secondary N) is 1.